The van der Waals surface area contributed by atoms with Crippen molar-refractivity contribution < 1.29 is 24.9 Å². The molecule has 1 aromatic carbocycles. The van der Waals surface area contributed by atoms with Gasteiger partial charge in [-0.3, -0.25) is 4.79 Å². The minimum atomic E-state index is -0.331. The third-order valence-corrected chi connectivity index (χ3v) is 2.77. The molecule has 0 saturated heterocycles. The topological polar surface area (TPSA) is 87.0 Å². The fraction of sp³-hybridized carbons (Fsp3) is 0.400. The fourth-order valence-corrected chi connectivity index (χ4v) is 1.56. The second-order valence-electron chi connectivity index (χ2n) is 4.88. The fourth-order valence-electron chi connectivity index (χ4n) is 1.56. The molecule has 0 spiro atoms. The Morgan fingerprint density at radius 3 is 2.30 bits per heavy atom. The highest BCUT2D eigenvalue weighted by Crippen LogP contribution is 2.34. The van der Waals surface area contributed by atoms with Gasteiger partial charge in [0.05, 0.1) is 6.61 Å². The molecule has 0 aromatic heterocycles. The molecular weight excluding hydrogens is 260 g/mol. The smallest absolute Gasteiger partial charge is 0.172 e. The van der Waals surface area contributed by atoms with Crippen LogP contribution in [0.3, 0.4) is 0 Å². The maximum atomic E-state index is 11.8. The van der Waals surface area contributed by atoms with Crippen LogP contribution in [0.2, 0.25) is 0 Å². The van der Waals surface area contributed by atoms with E-state index in [0.717, 1.165) is 5.57 Å². The number of hydrogen-bond acceptors (Lipinski definition) is 5. The number of carbonyl (C=O) groups is 1. The van der Waals surface area contributed by atoms with Gasteiger partial charge < -0.3 is 20.1 Å². The van der Waals surface area contributed by atoms with E-state index in [9.17, 15) is 15.0 Å². The molecule has 0 amide bonds. The SMILES string of the molecule is CC(=CCOc1cc(O)c(C(=O)C(C)C)c(O)c1)CO. The number of hydrogen-bond donors (Lipinski definition) is 3. The Balaban J connectivity index is 2.91. The average molecular weight is 280 g/mol. The summed E-state index contributed by atoms with van der Waals surface area (Å²) in [6.45, 7) is 5.27. The molecule has 0 aliphatic rings. The summed E-state index contributed by atoms with van der Waals surface area (Å²) < 4.78 is 5.32. The number of phenols is 2. The zero-order valence-electron chi connectivity index (χ0n) is 11.9. The highest BCUT2D eigenvalue weighted by atomic mass is 16.5. The van der Waals surface area contributed by atoms with Gasteiger partial charge in [0.15, 0.2) is 5.78 Å². The van der Waals surface area contributed by atoms with Crippen molar-refractivity contribution in [3.63, 3.8) is 0 Å². The Bertz CT molecular complexity index is 494. The summed E-state index contributed by atoms with van der Waals surface area (Å²) in [7, 11) is 0. The van der Waals surface area contributed by atoms with Gasteiger partial charge in [0.1, 0.15) is 29.4 Å². The van der Waals surface area contributed by atoms with Crippen molar-refractivity contribution in [2.75, 3.05) is 13.2 Å². The van der Waals surface area contributed by atoms with Crippen molar-refractivity contribution in [3.05, 3.63) is 29.3 Å². The van der Waals surface area contributed by atoms with E-state index < -0.39 is 0 Å². The van der Waals surface area contributed by atoms with Gasteiger partial charge in [0, 0.05) is 18.1 Å². The number of phenolic OH excluding ortho intramolecular Hbond substituents is 2. The largest absolute Gasteiger partial charge is 0.507 e. The molecular formula is C15H20O5. The zero-order valence-corrected chi connectivity index (χ0v) is 11.9. The van der Waals surface area contributed by atoms with E-state index in [2.05, 4.69) is 0 Å². The lowest BCUT2D eigenvalue weighted by Crippen LogP contribution is -2.08. The van der Waals surface area contributed by atoms with Crippen molar-refractivity contribution in [1.82, 2.24) is 0 Å². The molecule has 20 heavy (non-hydrogen) atoms. The summed E-state index contributed by atoms with van der Waals surface area (Å²) in [6, 6.07) is 2.58. The van der Waals surface area contributed by atoms with E-state index in [0.29, 0.717) is 0 Å². The monoisotopic (exact) mass is 280 g/mol. The summed E-state index contributed by atoms with van der Waals surface area (Å²) in [5, 5.41) is 28.5. The molecule has 0 atom stereocenters. The second-order valence-corrected chi connectivity index (χ2v) is 4.88. The molecule has 1 aromatic rings. The number of Topliss-reactive ketones (excluding diaryl/α,β-unsaturated/α-hetero) is 1. The lowest BCUT2D eigenvalue weighted by Gasteiger charge is -2.11. The number of ketones is 1. The van der Waals surface area contributed by atoms with Gasteiger partial charge in [-0.1, -0.05) is 13.8 Å². The van der Waals surface area contributed by atoms with Crippen LogP contribution < -0.4 is 4.74 Å². The summed E-state index contributed by atoms with van der Waals surface area (Å²) in [6.07, 6.45) is 1.68. The van der Waals surface area contributed by atoms with Gasteiger partial charge in [0.2, 0.25) is 0 Å². The molecule has 3 N–H and O–H groups in total. The number of benzene rings is 1. The number of aromatic hydroxyl groups is 2. The average Bonchev–Trinajstić information content (AvgIpc) is 2.37. The molecule has 5 nitrogen and oxygen atoms in total. The van der Waals surface area contributed by atoms with Crippen LogP contribution >= 0.6 is 0 Å². The zero-order chi connectivity index (χ0) is 15.3. The molecule has 0 aliphatic carbocycles. The first kappa shape index (κ1) is 16.0. The van der Waals surface area contributed by atoms with Crippen molar-refractivity contribution in [2.24, 2.45) is 5.92 Å². The molecule has 0 aliphatic heterocycles. The normalized spacial score (nSPS) is 11.8. The van der Waals surface area contributed by atoms with Crippen LogP contribution in [0.4, 0.5) is 0 Å². The van der Waals surface area contributed by atoms with Gasteiger partial charge in [-0.05, 0) is 18.6 Å². The Kier molecular flexibility index (Phi) is 5.58. The lowest BCUT2D eigenvalue weighted by atomic mass is 9.99. The Morgan fingerprint density at radius 1 is 1.30 bits per heavy atom. The first-order valence-corrected chi connectivity index (χ1v) is 6.36. The van der Waals surface area contributed by atoms with E-state index >= 15 is 0 Å². The van der Waals surface area contributed by atoms with Crippen LogP contribution in [-0.2, 0) is 0 Å². The van der Waals surface area contributed by atoms with Crippen molar-refractivity contribution in [2.45, 2.75) is 20.8 Å². The van der Waals surface area contributed by atoms with Crippen LogP contribution in [0, 0.1) is 5.92 Å². The van der Waals surface area contributed by atoms with Gasteiger partial charge >= 0.3 is 0 Å². The standard InChI is InChI=1S/C15H20O5/c1-9(2)15(19)14-12(17)6-11(7-13(14)18)20-5-4-10(3)8-16/h4,6-7,9,16-18H,5,8H2,1-3H3. The molecule has 0 heterocycles. The predicted octanol–water partition coefficient (Wildman–Crippen LogP) is 2.25. The van der Waals surface area contributed by atoms with Crippen molar-refractivity contribution in [1.29, 1.82) is 0 Å². The maximum Gasteiger partial charge on any atom is 0.172 e. The maximum absolute atomic E-state index is 11.8. The number of aliphatic hydroxyl groups excluding tert-OH is 1. The highest BCUT2D eigenvalue weighted by Gasteiger charge is 2.20. The molecule has 0 saturated carbocycles. The highest BCUT2D eigenvalue weighted by molar-refractivity contribution is 6.02. The van der Waals surface area contributed by atoms with E-state index in [-0.39, 0.29) is 47.7 Å². The van der Waals surface area contributed by atoms with E-state index in [4.69, 9.17) is 9.84 Å². The molecule has 0 fully saturated rings. The molecule has 0 unspecified atom stereocenters. The Hall–Kier alpha value is -2.01. The van der Waals surface area contributed by atoms with E-state index in [1.807, 2.05) is 0 Å². The number of aliphatic hydroxyl groups is 1. The van der Waals surface area contributed by atoms with Gasteiger partial charge in [-0.15, -0.1) is 0 Å². The molecule has 1 rings (SSSR count). The first-order chi connectivity index (χ1) is 9.36. The van der Waals surface area contributed by atoms with E-state index in [1.54, 1.807) is 26.8 Å². The minimum absolute atomic E-state index is 0.0539. The lowest BCUT2D eigenvalue weighted by molar-refractivity contribution is 0.0933. The van der Waals surface area contributed by atoms with Gasteiger partial charge in [0.25, 0.3) is 0 Å². The number of ether oxygens (including phenoxy) is 1. The van der Waals surface area contributed by atoms with Crippen LogP contribution in [0.25, 0.3) is 0 Å². The molecule has 5 heteroatoms. The van der Waals surface area contributed by atoms with Crippen molar-refractivity contribution >= 4 is 5.78 Å². The van der Waals surface area contributed by atoms with Crippen LogP contribution in [0.1, 0.15) is 31.1 Å². The van der Waals surface area contributed by atoms with E-state index in [1.165, 1.54) is 12.1 Å². The molecule has 0 bridgehead atoms. The number of carbonyl (C=O) groups excluding carboxylic acids is 1. The Morgan fingerprint density at radius 2 is 1.85 bits per heavy atom. The molecule has 110 valence electrons. The summed E-state index contributed by atoms with van der Waals surface area (Å²) in [5.74, 6) is -1.01. The third kappa shape index (κ3) is 3.99. The predicted molar refractivity (Wildman–Crippen MR) is 75.3 cm³/mol. The first-order valence-electron chi connectivity index (χ1n) is 6.36. The summed E-state index contributed by atoms with van der Waals surface area (Å²) in [4.78, 5) is 11.8. The van der Waals surface area contributed by atoms with Gasteiger partial charge in [-0.2, -0.15) is 0 Å². The van der Waals surface area contributed by atoms with Gasteiger partial charge in [-0.25, -0.2) is 0 Å². The third-order valence-electron chi connectivity index (χ3n) is 2.77. The van der Waals surface area contributed by atoms with Crippen LogP contribution in [-0.4, -0.2) is 34.3 Å². The van der Waals surface area contributed by atoms with Crippen LogP contribution in [0.5, 0.6) is 17.2 Å². The minimum Gasteiger partial charge on any atom is -0.507 e. The summed E-state index contributed by atoms with van der Waals surface area (Å²) in [5.41, 5.74) is 0.666. The quantitative estimate of drug-likeness (QED) is 0.549. The Labute approximate surface area is 118 Å². The summed E-state index contributed by atoms with van der Waals surface area (Å²) >= 11 is 0. The second kappa shape index (κ2) is 6.96. The van der Waals surface area contributed by atoms with Crippen LogP contribution in [0.15, 0.2) is 23.8 Å². The molecule has 0 radical (unpaired) electrons. The number of rotatable bonds is 6. The van der Waals surface area contributed by atoms with Crippen molar-refractivity contribution in [3.8, 4) is 17.2 Å².